The molecule has 0 saturated carbocycles. The van der Waals surface area contributed by atoms with Crippen LogP contribution in [0.4, 0.5) is 5.69 Å². The third-order valence-electron chi connectivity index (χ3n) is 2.02. The quantitative estimate of drug-likeness (QED) is 0.517. The first-order valence-electron chi connectivity index (χ1n) is 4.65. The topological polar surface area (TPSA) is 38.0 Å². The Hall–Kier alpha value is -1.46. The maximum atomic E-state index is 5.91. The Kier molecular flexibility index (Phi) is 3.55. The average Bonchev–Trinajstić information content (AvgIpc) is 2.13. The molecule has 0 bridgehead atoms. The second-order valence-corrected chi connectivity index (χ2v) is 3.38. The van der Waals surface area contributed by atoms with E-state index in [0.29, 0.717) is 6.54 Å². The summed E-state index contributed by atoms with van der Waals surface area (Å²) in [7, 11) is 1.87. The number of aryl methyl sites for hydroxylation is 2. The smallest absolute Gasteiger partial charge is 0.0577 e. The average molecular weight is 188 g/mol. The van der Waals surface area contributed by atoms with E-state index in [1.165, 1.54) is 5.56 Å². The highest BCUT2D eigenvalue weighted by atomic mass is 14.8. The van der Waals surface area contributed by atoms with Crippen LogP contribution in [-0.2, 0) is 0 Å². The largest absolute Gasteiger partial charge is 0.398 e. The van der Waals surface area contributed by atoms with Crippen LogP contribution >= 0.6 is 0 Å². The lowest BCUT2D eigenvalue weighted by Crippen LogP contribution is -2.04. The summed E-state index contributed by atoms with van der Waals surface area (Å²) < 4.78 is 0. The van der Waals surface area contributed by atoms with Crippen molar-refractivity contribution in [2.45, 2.75) is 13.8 Å². The second-order valence-electron chi connectivity index (χ2n) is 3.38. The third-order valence-corrected chi connectivity index (χ3v) is 2.02. The van der Waals surface area contributed by atoms with Gasteiger partial charge in [-0.25, -0.2) is 0 Å². The van der Waals surface area contributed by atoms with Crippen molar-refractivity contribution in [2.75, 3.05) is 19.3 Å². The first-order chi connectivity index (χ1) is 6.65. The Morgan fingerprint density at radius 2 is 2.07 bits per heavy atom. The summed E-state index contributed by atoms with van der Waals surface area (Å²) >= 11 is 0. The normalized spacial score (nSPS) is 9.36. The molecule has 0 amide bonds. The highest BCUT2D eigenvalue weighted by Gasteiger charge is 1.99. The van der Waals surface area contributed by atoms with Crippen LogP contribution in [0.15, 0.2) is 12.1 Å². The van der Waals surface area contributed by atoms with Crippen LogP contribution in [-0.4, -0.2) is 13.6 Å². The van der Waals surface area contributed by atoms with Gasteiger partial charge in [0.15, 0.2) is 0 Å². The van der Waals surface area contributed by atoms with Gasteiger partial charge in [0.05, 0.1) is 12.2 Å². The van der Waals surface area contributed by atoms with Crippen molar-refractivity contribution in [1.29, 1.82) is 0 Å². The van der Waals surface area contributed by atoms with E-state index in [1.54, 1.807) is 0 Å². The van der Waals surface area contributed by atoms with Crippen molar-refractivity contribution < 1.29 is 0 Å². The highest BCUT2D eigenvalue weighted by Crippen LogP contribution is 2.17. The zero-order valence-corrected chi connectivity index (χ0v) is 8.94. The zero-order valence-electron chi connectivity index (χ0n) is 8.94. The standard InChI is InChI=1S/C12H16N2/c1-9-7-10(2)12(13)11(8-9)5-4-6-14-3/h7-8,14H,6,13H2,1-3H3. The van der Waals surface area contributed by atoms with Crippen LogP contribution < -0.4 is 11.1 Å². The number of hydrogen-bond donors (Lipinski definition) is 2. The molecule has 1 rings (SSSR count). The summed E-state index contributed by atoms with van der Waals surface area (Å²) in [5.41, 5.74) is 9.93. The fraction of sp³-hybridized carbons (Fsp3) is 0.333. The first kappa shape index (κ1) is 10.6. The maximum absolute atomic E-state index is 5.91. The maximum Gasteiger partial charge on any atom is 0.0577 e. The summed E-state index contributed by atoms with van der Waals surface area (Å²) in [6, 6.07) is 4.09. The Labute approximate surface area is 85.5 Å². The number of nitrogens with one attached hydrogen (secondary N) is 1. The first-order valence-corrected chi connectivity index (χ1v) is 4.65. The minimum atomic E-state index is 0.687. The second kappa shape index (κ2) is 4.69. The molecular weight excluding hydrogens is 172 g/mol. The number of hydrogen-bond acceptors (Lipinski definition) is 2. The number of nitrogens with two attached hydrogens (primary N) is 1. The van der Waals surface area contributed by atoms with E-state index in [-0.39, 0.29) is 0 Å². The molecule has 0 aliphatic rings. The lowest BCUT2D eigenvalue weighted by atomic mass is 10.0. The number of nitrogen functional groups attached to an aromatic ring is 1. The molecule has 2 heteroatoms. The van der Waals surface area contributed by atoms with Crippen LogP contribution in [0.3, 0.4) is 0 Å². The van der Waals surface area contributed by atoms with Gasteiger partial charge in [-0.15, -0.1) is 0 Å². The molecule has 3 N–H and O–H groups in total. The highest BCUT2D eigenvalue weighted by molar-refractivity contribution is 5.61. The van der Waals surface area contributed by atoms with Gasteiger partial charge in [0.1, 0.15) is 0 Å². The van der Waals surface area contributed by atoms with E-state index < -0.39 is 0 Å². The van der Waals surface area contributed by atoms with Crippen molar-refractivity contribution in [3.05, 3.63) is 28.8 Å². The van der Waals surface area contributed by atoms with Crippen LogP contribution in [0.25, 0.3) is 0 Å². The van der Waals surface area contributed by atoms with Crippen LogP contribution in [0.5, 0.6) is 0 Å². The molecule has 0 radical (unpaired) electrons. The molecule has 74 valence electrons. The molecule has 0 atom stereocenters. The molecule has 1 aromatic carbocycles. The van der Waals surface area contributed by atoms with Crippen LogP contribution in [0, 0.1) is 25.7 Å². The van der Waals surface area contributed by atoms with Gasteiger partial charge in [-0.1, -0.05) is 17.9 Å². The van der Waals surface area contributed by atoms with Gasteiger partial charge in [-0.3, -0.25) is 0 Å². The fourth-order valence-corrected chi connectivity index (χ4v) is 1.31. The lowest BCUT2D eigenvalue weighted by molar-refractivity contribution is 0.938. The van der Waals surface area contributed by atoms with Crippen molar-refractivity contribution in [3.63, 3.8) is 0 Å². The SMILES string of the molecule is CNCC#Cc1cc(C)cc(C)c1N. The van der Waals surface area contributed by atoms with Crippen molar-refractivity contribution in [1.82, 2.24) is 5.32 Å². The molecule has 1 aromatic rings. The number of benzene rings is 1. The molecule has 0 spiro atoms. The van der Waals surface area contributed by atoms with Gasteiger partial charge in [-0.2, -0.15) is 0 Å². The Balaban J connectivity index is 3.04. The van der Waals surface area contributed by atoms with Gasteiger partial charge in [0, 0.05) is 5.56 Å². The molecule has 0 unspecified atom stereocenters. The van der Waals surface area contributed by atoms with E-state index in [4.69, 9.17) is 5.73 Å². The van der Waals surface area contributed by atoms with Crippen molar-refractivity contribution >= 4 is 5.69 Å². The van der Waals surface area contributed by atoms with Gasteiger partial charge in [0.2, 0.25) is 0 Å². The summed E-state index contributed by atoms with van der Waals surface area (Å²) in [5, 5.41) is 2.97. The summed E-state index contributed by atoms with van der Waals surface area (Å²) in [4.78, 5) is 0. The Morgan fingerprint density at radius 3 is 2.71 bits per heavy atom. The molecule has 0 aromatic heterocycles. The molecule has 2 nitrogen and oxygen atoms in total. The zero-order chi connectivity index (χ0) is 10.6. The Morgan fingerprint density at radius 1 is 1.36 bits per heavy atom. The molecule has 0 saturated heterocycles. The minimum Gasteiger partial charge on any atom is -0.398 e. The number of rotatable bonds is 1. The Bertz CT molecular complexity index is 383. The van der Waals surface area contributed by atoms with E-state index >= 15 is 0 Å². The van der Waals surface area contributed by atoms with E-state index in [9.17, 15) is 0 Å². The summed E-state index contributed by atoms with van der Waals surface area (Å²) in [6.45, 7) is 4.74. The fourth-order valence-electron chi connectivity index (χ4n) is 1.31. The van der Waals surface area contributed by atoms with Crippen LogP contribution in [0.1, 0.15) is 16.7 Å². The van der Waals surface area contributed by atoms with Crippen molar-refractivity contribution in [3.8, 4) is 11.8 Å². The van der Waals surface area contributed by atoms with Crippen LogP contribution in [0.2, 0.25) is 0 Å². The molecule has 14 heavy (non-hydrogen) atoms. The predicted octanol–water partition coefficient (Wildman–Crippen LogP) is 1.46. The molecule has 0 heterocycles. The minimum absolute atomic E-state index is 0.687. The lowest BCUT2D eigenvalue weighted by Gasteiger charge is -2.04. The molecule has 0 fully saturated rings. The molecule has 0 aliphatic heterocycles. The van der Waals surface area contributed by atoms with E-state index in [0.717, 1.165) is 16.8 Å². The summed E-state index contributed by atoms with van der Waals surface area (Å²) in [5.74, 6) is 6.06. The molecular formula is C12H16N2. The van der Waals surface area contributed by atoms with Gasteiger partial charge >= 0.3 is 0 Å². The van der Waals surface area contributed by atoms with Gasteiger partial charge < -0.3 is 11.1 Å². The summed E-state index contributed by atoms with van der Waals surface area (Å²) in [6.07, 6.45) is 0. The van der Waals surface area contributed by atoms with Crippen molar-refractivity contribution in [2.24, 2.45) is 0 Å². The van der Waals surface area contributed by atoms with E-state index in [1.807, 2.05) is 20.0 Å². The predicted molar refractivity (Wildman–Crippen MR) is 61.1 cm³/mol. The van der Waals surface area contributed by atoms with Gasteiger partial charge in [0.25, 0.3) is 0 Å². The van der Waals surface area contributed by atoms with Gasteiger partial charge in [-0.05, 0) is 38.1 Å². The monoisotopic (exact) mass is 188 g/mol. The van der Waals surface area contributed by atoms with E-state index in [2.05, 4.69) is 30.1 Å². The number of anilines is 1. The third kappa shape index (κ3) is 2.51. The molecule has 0 aliphatic carbocycles.